The molecule has 1 fully saturated rings. The Morgan fingerprint density at radius 2 is 1.70 bits per heavy atom. The lowest BCUT2D eigenvalue weighted by Crippen LogP contribution is -2.46. The fraction of sp³-hybridized carbons (Fsp3) is 0.318. The predicted molar refractivity (Wildman–Crippen MR) is 115 cm³/mol. The van der Waals surface area contributed by atoms with Gasteiger partial charge in [0.05, 0.1) is 17.2 Å². The van der Waals surface area contributed by atoms with Crippen LogP contribution in [0.4, 0.5) is 5.69 Å². The van der Waals surface area contributed by atoms with Gasteiger partial charge in [0.15, 0.2) is 9.84 Å². The second-order valence-electron chi connectivity index (χ2n) is 7.56. The third-order valence-corrected chi connectivity index (χ3v) is 7.14. The summed E-state index contributed by atoms with van der Waals surface area (Å²) in [6.07, 6.45) is 0.836. The van der Waals surface area contributed by atoms with Crippen LogP contribution in [0.1, 0.15) is 24.8 Å². The van der Waals surface area contributed by atoms with Gasteiger partial charge in [-0.25, -0.2) is 13.4 Å². The minimum absolute atomic E-state index is 0.0415. The Hall–Kier alpha value is -3.00. The van der Waals surface area contributed by atoms with E-state index in [2.05, 4.69) is 5.10 Å². The van der Waals surface area contributed by atoms with Crippen molar-refractivity contribution in [1.29, 1.82) is 0 Å². The molecule has 156 valence electrons. The molecule has 30 heavy (non-hydrogen) atoms. The summed E-state index contributed by atoms with van der Waals surface area (Å²) >= 11 is 0. The van der Waals surface area contributed by atoms with Crippen molar-refractivity contribution >= 4 is 33.1 Å². The van der Waals surface area contributed by atoms with Gasteiger partial charge in [0.2, 0.25) is 5.91 Å². The molecule has 4 rings (SSSR count). The molecular weight excluding hydrogens is 402 g/mol. The third-order valence-electron chi connectivity index (χ3n) is 5.39. The molecule has 7 nitrogen and oxygen atoms in total. The van der Waals surface area contributed by atoms with Gasteiger partial charge in [-0.15, -0.1) is 0 Å². The predicted octanol–water partition coefficient (Wildman–Crippen LogP) is 2.39. The molecular formula is C22H23N3O4S. The molecule has 2 aromatic carbocycles. The summed E-state index contributed by atoms with van der Waals surface area (Å²) in [5.74, 6) is -0.442. The van der Waals surface area contributed by atoms with Crippen LogP contribution in [0, 0.1) is 0 Å². The highest BCUT2D eigenvalue weighted by atomic mass is 32.2. The summed E-state index contributed by atoms with van der Waals surface area (Å²) in [5.41, 5.74) is 1.80. The molecule has 1 atom stereocenters. The van der Waals surface area contributed by atoms with E-state index >= 15 is 0 Å². The van der Waals surface area contributed by atoms with Crippen molar-refractivity contribution in [2.45, 2.75) is 31.8 Å². The maximum atomic E-state index is 13.4. The van der Waals surface area contributed by atoms with Gasteiger partial charge in [-0.05, 0) is 24.1 Å². The first kappa shape index (κ1) is 20.3. The zero-order chi connectivity index (χ0) is 21.1. The van der Waals surface area contributed by atoms with Crippen LogP contribution in [0.2, 0.25) is 0 Å². The molecule has 2 aromatic rings. The number of nitrogens with zero attached hydrogens (tertiary/aromatic N) is 3. The van der Waals surface area contributed by atoms with Crippen LogP contribution >= 0.6 is 0 Å². The highest BCUT2D eigenvalue weighted by Gasteiger charge is 2.37. The lowest BCUT2D eigenvalue weighted by Gasteiger charge is -2.31. The molecule has 0 bridgehead atoms. The number of carbonyl (C=O) groups excluding carboxylic acids is 2. The van der Waals surface area contributed by atoms with Gasteiger partial charge in [-0.3, -0.25) is 9.59 Å². The Kier molecular flexibility index (Phi) is 5.67. The molecule has 8 heteroatoms. The van der Waals surface area contributed by atoms with E-state index in [1.807, 2.05) is 36.4 Å². The average molecular weight is 426 g/mol. The van der Waals surface area contributed by atoms with Gasteiger partial charge in [-0.2, -0.15) is 5.10 Å². The van der Waals surface area contributed by atoms with Gasteiger partial charge in [0.25, 0.3) is 5.91 Å². The topological polar surface area (TPSA) is 87.1 Å². The van der Waals surface area contributed by atoms with Crippen LogP contribution in [-0.2, 0) is 26.0 Å². The Morgan fingerprint density at radius 1 is 1.03 bits per heavy atom. The fourth-order valence-corrected chi connectivity index (χ4v) is 5.54. The Morgan fingerprint density at radius 3 is 2.33 bits per heavy atom. The number of carbonyl (C=O) groups is 2. The number of para-hydroxylation sites is 1. The summed E-state index contributed by atoms with van der Waals surface area (Å²) in [6.45, 7) is 0.304. The van der Waals surface area contributed by atoms with Gasteiger partial charge in [-0.1, -0.05) is 48.5 Å². The summed E-state index contributed by atoms with van der Waals surface area (Å²) in [6, 6.07) is 18.1. The molecule has 2 heterocycles. The van der Waals surface area contributed by atoms with Crippen molar-refractivity contribution in [3.8, 4) is 0 Å². The van der Waals surface area contributed by atoms with Crippen LogP contribution in [-0.4, -0.2) is 48.4 Å². The van der Waals surface area contributed by atoms with E-state index in [1.165, 1.54) is 5.01 Å². The number of sulfone groups is 1. The molecule has 2 aliphatic rings. The van der Waals surface area contributed by atoms with Crippen molar-refractivity contribution < 1.29 is 18.0 Å². The first-order valence-corrected chi connectivity index (χ1v) is 11.8. The lowest BCUT2D eigenvalue weighted by atomic mass is 10.1. The highest BCUT2D eigenvalue weighted by Crippen LogP contribution is 2.24. The van der Waals surface area contributed by atoms with E-state index in [0.29, 0.717) is 18.7 Å². The maximum absolute atomic E-state index is 13.4. The summed E-state index contributed by atoms with van der Waals surface area (Å²) in [5, 5.41) is 5.63. The van der Waals surface area contributed by atoms with E-state index in [1.54, 1.807) is 29.2 Å². The van der Waals surface area contributed by atoms with Gasteiger partial charge in [0, 0.05) is 25.4 Å². The highest BCUT2D eigenvalue weighted by molar-refractivity contribution is 7.91. The summed E-state index contributed by atoms with van der Waals surface area (Å²) in [7, 11) is -3.16. The van der Waals surface area contributed by atoms with Crippen LogP contribution in [0.25, 0.3) is 0 Å². The Labute approximate surface area is 175 Å². The lowest BCUT2D eigenvalue weighted by molar-refractivity contribution is -0.126. The number of benzene rings is 2. The Bertz CT molecular complexity index is 1070. The number of hydrogen-bond donors (Lipinski definition) is 0. The molecule has 0 saturated carbocycles. The van der Waals surface area contributed by atoms with Gasteiger partial charge >= 0.3 is 0 Å². The van der Waals surface area contributed by atoms with Crippen molar-refractivity contribution in [1.82, 2.24) is 4.90 Å². The van der Waals surface area contributed by atoms with E-state index < -0.39 is 15.9 Å². The quantitative estimate of drug-likeness (QED) is 0.736. The van der Waals surface area contributed by atoms with Crippen molar-refractivity contribution in [3.05, 3.63) is 66.2 Å². The van der Waals surface area contributed by atoms with Crippen molar-refractivity contribution in [2.24, 2.45) is 5.10 Å². The SMILES string of the molecule is O=C1CCC(C(=O)N(Cc2ccccc2)C2CCS(=O)(=O)C2)=NN1c1ccccc1. The van der Waals surface area contributed by atoms with Crippen LogP contribution in [0.5, 0.6) is 0 Å². The number of rotatable bonds is 5. The monoisotopic (exact) mass is 425 g/mol. The van der Waals surface area contributed by atoms with E-state index in [-0.39, 0.29) is 41.9 Å². The first-order valence-electron chi connectivity index (χ1n) is 9.94. The van der Waals surface area contributed by atoms with Crippen LogP contribution in [0.3, 0.4) is 0 Å². The molecule has 0 N–H and O–H groups in total. The maximum Gasteiger partial charge on any atom is 0.270 e. The average Bonchev–Trinajstić information content (AvgIpc) is 3.12. The molecule has 1 saturated heterocycles. The first-order chi connectivity index (χ1) is 14.4. The molecule has 2 aliphatic heterocycles. The standard InChI is InChI=1S/C22H23N3O4S/c26-21-12-11-20(23-25(21)18-9-5-2-6-10-18)22(27)24(15-17-7-3-1-4-8-17)19-13-14-30(28,29)16-19/h1-10,19H,11-16H2. The van der Waals surface area contributed by atoms with E-state index in [4.69, 9.17) is 0 Å². The van der Waals surface area contributed by atoms with E-state index in [0.717, 1.165) is 5.56 Å². The molecule has 0 spiro atoms. The van der Waals surface area contributed by atoms with Crippen LogP contribution < -0.4 is 5.01 Å². The van der Waals surface area contributed by atoms with Crippen molar-refractivity contribution in [3.63, 3.8) is 0 Å². The van der Waals surface area contributed by atoms with Crippen LogP contribution in [0.15, 0.2) is 65.8 Å². The second-order valence-corrected chi connectivity index (χ2v) is 9.79. The molecule has 0 radical (unpaired) electrons. The summed E-state index contributed by atoms with van der Waals surface area (Å²) in [4.78, 5) is 27.4. The Balaban J connectivity index is 1.64. The van der Waals surface area contributed by atoms with Gasteiger partial charge < -0.3 is 4.90 Å². The minimum Gasteiger partial charge on any atom is -0.329 e. The number of hydrazone groups is 1. The second kappa shape index (κ2) is 8.39. The molecule has 0 aliphatic carbocycles. The number of amides is 2. The smallest absolute Gasteiger partial charge is 0.270 e. The molecule has 2 amide bonds. The minimum atomic E-state index is -3.16. The fourth-order valence-electron chi connectivity index (χ4n) is 3.81. The number of hydrogen-bond acceptors (Lipinski definition) is 5. The molecule has 0 aromatic heterocycles. The zero-order valence-corrected chi connectivity index (χ0v) is 17.3. The normalized spacial score (nSPS) is 20.7. The zero-order valence-electron chi connectivity index (χ0n) is 16.5. The summed E-state index contributed by atoms with van der Waals surface area (Å²) < 4.78 is 24.1. The third kappa shape index (κ3) is 4.43. The van der Waals surface area contributed by atoms with Crippen molar-refractivity contribution in [2.75, 3.05) is 16.5 Å². The van der Waals surface area contributed by atoms with E-state index in [9.17, 15) is 18.0 Å². The number of anilines is 1. The van der Waals surface area contributed by atoms with Gasteiger partial charge in [0.1, 0.15) is 5.71 Å². The molecule has 1 unspecified atom stereocenters. The largest absolute Gasteiger partial charge is 0.329 e.